The number of nitrogens with one attached hydrogen (secondary N) is 1. The van der Waals surface area contributed by atoms with E-state index in [0.29, 0.717) is 5.69 Å². The van der Waals surface area contributed by atoms with Gasteiger partial charge in [0.2, 0.25) is 0 Å². The van der Waals surface area contributed by atoms with Gasteiger partial charge in [-0.15, -0.1) is 15.3 Å². The second-order valence-electron chi connectivity index (χ2n) is 8.07. The van der Waals surface area contributed by atoms with Gasteiger partial charge in [-0.3, -0.25) is 4.79 Å². The lowest BCUT2D eigenvalue weighted by molar-refractivity contribution is 0.102. The molecule has 5 rings (SSSR count). The molecule has 1 amide bonds. The van der Waals surface area contributed by atoms with Gasteiger partial charge in [-0.25, -0.2) is 0 Å². The van der Waals surface area contributed by atoms with E-state index in [0.717, 1.165) is 35.9 Å². The van der Waals surface area contributed by atoms with E-state index in [-0.39, 0.29) is 11.6 Å². The van der Waals surface area contributed by atoms with Crippen LogP contribution >= 0.6 is 0 Å². The third kappa shape index (κ3) is 4.90. The molecule has 33 heavy (non-hydrogen) atoms. The maximum Gasteiger partial charge on any atom is 0.277 e. The quantitative estimate of drug-likeness (QED) is 0.497. The SMILES string of the molecule is O=C(Nc1cccc(-c2ccc(N3CCCCCC3)nn2)c1)c1cnn(-c2ccccc2)n1. The Morgan fingerprint density at radius 2 is 1.67 bits per heavy atom. The molecule has 0 radical (unpaired) electrons. The Bertz CT molecular complexity index is 1210. The molecular weight excluding hydrogens is 414 g/mol. The van der Waals surface area contributed by atoms with Gasteiger partial charge in [-0.2, -0.15) is 9.90 Å². The van der Waals surface area contributed by atoms with E-state index in [9.17, 15) is 4.79 Å². The lowest BCUT2D eigenvalue weighted by atomic mass is 10.1. The molecule has 2 aromatic carbocycles. The predicted molar refractivity (Wildman–Crippen MR) is 127 cm³/mol. The molecular formula is C25H25N7O. The fourth-order valence-electron chi connectivity index (χ4n) is 3.95. The number of amides is 1. The molecule has 1 N–H and O–H groups in total. The predicted octanol–water partition coefficient (Wildman–Crippen LogP) is 4.36. The molecule has 1 aliphatic rings. The van der Waals surface area contributed by atoms with Crippen LogP contribution in [0.15, 0.2) is 72.9 Å². The molecule has 2 aromatic heterocycles. The van der Waals surface area contributed by atoms with Crippen molar-refractivity contribution in [3.05, 3.63) is 78.6 Å². The van der Waals surface area contributed by atoms with E-state index < -0.39 is 0 Å². The average Bonchev–Trinajstić information content (AvgIpc) is 3.21. The molecule has 8 heteroatoms. The zero-order chi connectivity index (χ0) is 22.5. The number of carbonyl (C=O) groups excluding carboxylic acids is 1. The van der Waals surface area contributed by atoms with E-state index in [2.05, 4.69) is 30.6 Å². The summed E-state index contributed by atoms with van der Waals surface area (Å²) in [6, 6.07) is 21.0. The first-order valence-corrected chi connectivity index (χ1v) is 11.2. The standard InChI is InChI=1S/C25H25N7O/c33-25(23-18-26-32(30-23)21-11-4-3-5-12-21)27-20-10-8-9-19(17-20)22-13-14-24(29-28-22)31-15-6-1-2-7-16-31/h3-5,8-14,17-18H,1-2,6-7,15-16H2,(H,27,33). The van der Waals surface area contributed by atoms with Crippen LogP contribution in [-0.4, -0.2) is 44.2 Å². The van der Waals surface area contributed by atoms with Crippen molar-refractivity contribution in [1.82, 2.24) is 25.2 Å². The molecule has 1 saturated heterocycles. The summed E-state index contributed by atoms with van der Waals surface area (Å²) < 4.78 is 0. The van der Waals surface area contributed by atoms with Crippen LogP contribution in [0.1, 0.15) is 36.2 Å². The molecule has 4 aromatic rings. The lowest BCUT2D eigenvalue weighted by Crippen LogP contribution is -2.25. The van der Waals surface area contributed by atoms with Crippen molar-refractivity contribution < 1.29 is 4.79 Å². The topological polar surface area (TPSA) is 88.8 Å². The largest absolute Gasteiger partial charge is 0.355 e. The van der Waals surface area contributed by atoms with Crippen molar-refractivity contribution >= 4 is 17.4 Å². The summed E-state index contributed by atoms with van der Waals surface area (Å²) in [5.41, 5.74) is 3.34. The molecule has 8 nitrogen and oxygen atoms in total. The van der Waals surface area contributed by atoms with Crippen LogP contribution < -0.4 is 10.2 Å². The highest BCUT2D eigenvalue weighted by Gasteiger charge is 2.14. The molecule has 1 fully saturated rings. The maximum absolute atomic E-state index is 12.7. The van der Waals surface area contributed by atoms with E-state index >= 15 is 0 Å². The number of rotatable bonds is 5. The Morgan fingerprint density at radius 3 is 2.42 bits per heavy atom. The second kappa shape index (κ2) is 9.60. The Labute approximate surface area is 192 Å². The summed E-state index contributed by atoms with van der Waals surface area (Å²) in [6.45, 7) is 2.06. The third-order valence-corrected chi connectivity index (χ3v) is 5.71. The van der Waals surface area contributed by atoms with Crippen LogP contribution in [0.2, 0.25) is 0 Å². The molecule has 1 aliphatic heterocycles. The number of nitrogens with zero attached hydrogens (tertiary/aromatic N) is 6. The van der Waals surface area contributed by atoms with E-state index in [1.165, 1.54) is 36.7 Å². The fraction of sp³-hybridized carbons (Fsp3) is 0.240. The Morgan fingerprint density at radius 1 is 0.848 bits per heavy atom. The highest BCUT2D eigenvalue weighted by atomic mass is 16.2. The van der Waals surface area contributed by atoms with Gasteiger partial charge in [0, 0.05) is 24.3 Å². The lowest BCUT2D eigenvalue weighted by Gasteiger charge is -2.20. The summed E-state index contributed by atoms with van der Waals surface area (Å²) in [7, 11) is 0. The first-order chi connectivity index (χ1) is 16.3. The summed E-state index contributed by atoms with van der Waals surface area (Å²) in [5.74, 6) is 0.600. The Balaban J connectivity index is 1.28. The van der Waals surface area contributed by atoms with E-state index in [4.69, 9.17) is 0 Å². The minimum atomic E-state index is -0.322. The third-order valence-electron chi connectivity index (χ3n) is 5.71. The number of para-hydroxylation sites is 1. The summed E-state index contributed by atoms with van der Waals surface area (Å²) >= 11 is 0. The van der Waals surface area contributed by atoms with Crippen molar-refractivity contribution in [1.29, 1.82) is 0 Å². The smallest absolute Gasteiger partial charge is 0.277 e. The minimum Gasteiger partial charge on any atom is -0.355 e. The van der Waals surface area contributed by atoms with Crippen LogP contribution in [-0.2, 0) is 0 Å². The average molecular weight is 440 g/mol. The highest BCUT2D eigenvalue weighted by Crippen LogP contribution is 2.23. The van der Waals surface area contributed by atoms with E-state index in [1.807, 2.05) is 66.7 Å². The Kier molecular flexibility index (Phi) is 6.06. The molecule has 0 aliphatic carbocycles. The van der Waals surface area contributed by atoms with Gasteiger partial charge in [0.25, 0.3) is 5.91 Å². The van der Waals surface area contributed by atoms with Crippen LogP contribution in [0.25, 0.3) is 16.9 Å². The molecule has 0 saturated carbocycles. The Hall–Kier alpha value is -4.07. The number of carbonyl (C=O) groups is 1. The van der Waals surface area contributed by atoms with Crippen LogP contribution in [0.3, 0.4) is 0 Å². The number of anilines is 2. The van der Waals surface area contributed by atoms with Crippen LogP contribution in [0.4, 0.5) is 11.5 Å². The zero-order valence-electron chi connectivity index (χ0n) is 18.3. The zero-order valence-corrected chi connectivity index (χ0v) is 18.3. The van der Waals surface area contributed by atoms with Crippen molar-refractivity contribution in [3.63, 3.8) is 0 Å². The molecule has 0 unspecified atom stereocenters. The molecule has 166 valence electrons. The van der Waals surface area contributed by atoms with Gasteiger partial charge in [0.15, 0.2) is 11.5 Å². The molecule has 0 spiro atoms. The first-order valence-electron chi connectivity index (χ1n) is 11.2. The van der Waals surface area contributed by atoms with Gasteiger partial charge >= 0.3 is 0 Å². The van der Waals surface area contributed by atoms with Crippen molar-refractivity contribution in [2.45, 2.75) is 25.7 Å². The van der Waals surface area contributed by atoms with E-state index in [1.54, 1.807) is 0 Å². The van der Waals surface area contributed by atoms with Crippen molar-refractivity contribution in [2.75, 3.05) is 23.3 Å². The second-order valence-corrected chi connectivity index (χ2v) is 8.07. The van der Waals surface area contributed by atoms with Crippen LogP contribution in [0.5, 0.6) is 0 Å². The highest BCUT2D eigenvalue weighted by molar-refractivity contribution is 6.02. The summed E-state index contributed by atoms with van der Waals surface area (Å²) in [4.78, 5) is 16.4. The summed E-state index contributed by atoms with van der Waals surface area (Å²) in [6.07, 6.45) is 6.42. The number of hydrogen-bond donors (Lipinski definition) is 1. The summed E-state index contributed by atoms with van der Waals surface area (Å²) in [5, 5.41) is 20.3. The minimum absolute atomic E-state index is 0.242. The van der Waals surface area contributed by atoms with Crippen molar-refractivity contribution in [3.8, 4) is 16.9 Å². The van der Waals surface area contributed by atoms with Crippen molar-refractivity contribution in [2.24, 2.45) is 0 Å². The number of aromatic nitrogens is 5. The normalized spacial score (nSPS) is 14.0. The molecule has 3 heterocycles. The van der Waals surface area contributed by atoms with Gasteiger partial charge in [0.1, 0.15) is 0 Å². The van der Waals surface area contributed by atoms with Gasteiger partial charge < -0.3 is 10.2 Å². The van der Waals surface area contributed by atoms with Gasteiger partial charge in [0.05, 0.1) is 17.6 Å². The number of hydrogen-bond acceptors (Lipinski definition) is 6. The number of benzene rings is 2. The first kappa shape index (κ1) is 20.8. The van der Waals surface area contributed by atoms with Gasteiger partial charge in [-0.1, -0.05) is 43.2 Å². The fourth-order valence-corrected chi connectivity index (χ4v) is 3.95. The maximum atomic E-state index is 12.7. The van der Waals surface area contributed by atoms with Crippen LogP contribution in [0, 0.1) is 0 Å². The monoisotopic (exact) mass is 439 g/mol. The molecule has 0 atom stereocenters. The van der Waals surface area contributed by atoms with Gasteiger partial charge in [-0.05, 0) is 49.2 Å². The molecule has 0 bridgehead atoms.